The van der Waals surface area contributed by atoms with E-state index in [0.29, 0.717) is 18.2 Å². The fraction of sp³-hybridized carbons (Fsp3) is 1.00. The summed E-state index contributed by atoms with van der Waals surface area (Å²) in [5, 5.41) is 3.47. The lowest BCUT2D eigenvalue weighted by Gasteiger charge is -2.31. The zero-order chi connectivity index (χ0) is 14.7. The molecule has 3 nitrogen and oxygen atoms in total. The first-order chi connectivity index (χ1) is 9.02. The van der Waals surface area contributed by atoms with Gasteiger partial charge in [-0.1, -0.05) is 20.3 Å². The van der Waals surface area contributed by atoms with Crippen LogP contribution in [0.15, 0.2) is 0 Å². The average molecular weight is 272 g/mol. The molecule has 0 fully saturated rings. The maximum atomic E-state index is 6.06. The Kier molecular flexibility index (Phi) is 11.6. The number of hydrogen-bond donors (Lipinski definition) is 1. The molecule has 0 saturated heterocycles. The Balaban J connectivity index is 3.95. The number of nitrogens with zero attached hydrogens (tertiary/aromatic N) is 1. The quantitative estimate of drug-likeness (QED) is 0.552. The fourth-order valence-electron chi connectivity index (χ4n) is 2.44. The summed E-state index contributed by atoms with van der Waals surface area (Å²) in [5.74, 6) is 0. The maximum Gasteiger partial charge on any atom is 0.0700 e. The molecule has 0 heterocycles. The van der Waals surface area contributed by atoms with Gasteiger partial charge in [-0.2, -0.15) is 0 Å². The highest BCUT2D eigenvalue weighted by Crippen LogP contribution is 2.06. The monoisotopic (exact) mass is 272 g/mol. The van der Waals surface area contributed by atoms with Crippen molar-refractivity contribution in [3.8, 4) is 0 Å². The molecule has 1 atom stereocenters. The van der Waals surface area contributed by atoms with Crippen LogP contribution in [0.5, 0.6) is 0 Å². The lowest BCUT2D eigenvalue weighted by molar-refractivity contribution is 0.0213. The Morgan fingerprint density at radius 1 is 1.00 bits per heavy atom. The minimum absolute atomic E-state index is 0.373. The SMILES string of the molecule is CCCNCC(CCC)OCCN(C(C)C)C(C)C. The van der Waals surface area contributed by atoms with Gasteiger partial charge < -0.3 is 10.1 Å². The van der Waals surface area contributed by atoms with Gasteiger partial charge in [0.1, 0.15) is 0 Å². The van der Waals surface area contributed by atoms with Crippen molar-refractivity contribution in [1.29, 1.82) is 0 Å². The van der Waals surface area contributed by atoms with E-state index in [1.54, 1.807) is 0 Å². The highest BCUT2D eigenvalue weighted by Gasteiger charge is 2.14. The van der Waals surface area contributed by atoms with E-state index >= 15 is 0 Å². The molecule has 0 bridgehead atoms. The third-order valence-electron chi connectivity index (χ3n) is 3.44. The van der Waals surface area contributed by atoms with E-state index in [1.807, 2.05) is 0 Å². The maximum absolute atomic E-state index is 6.06. The number of nitrogens with one attached hydrogen (secondary N) is 1. The molecule has 0 radical (unpaired) electrons. The van der Waals surface area contributed by atoms with Gasteiger partial charge in [0.25, 0.3) is 0 Å². The van der Waals surface area contributed by atoms with Crippen LogP contribution in [-0.4, -0.2) is 49.3 Å². The van der Waals surface area contributed by atoms with Crippen molar-refractivity contribution in [1.82, 2.24) is 10.2 Å². The molecule has 116 valence electrons. The van der Waals surface area contributed by atoms with E-state index in [-0.39, 0.29) is 0 Å². The average Bonchev–Trinajstić information content (AvgIpc) is 2.33. The van der Waals surface area contributed by atoms with Crippen LogP contribution in [0.25, 0.3) is 0 Å². The molecule has 0 aromatic carbocycles. The van der Waals surface area contributed by atoms with Crippen LogP contribution >= 0.6 is 0 Å². The third-order valence-corrected chi connectivity index (χ3v) is 3.44. The van der Waals surface area contributed by atoms with Crippen molar-refractivity contribution in [3.63, 3.8) is 0 Å². The van der Waals surface area contributed by atoms with Gasteiger partial charge in [0, 0.05) is 25.2 Å². The lowest BCUT2D eigenvalue weighted by Crippen LogP contribution is -2.40. The molecule has 19 heavy (non-hydrogen) atoms. The van der Waals surface area contributed by atoms with E-state index < -0.39 is 0 Å². The van der Waals surface area contributed by atoms with Crippen molar-refractivity contribution < 1.29 is 4.74 Å². The fourth-order valence-corrected chi connectivity index (χ4v) is 2.44. The summed E-state index contributed by atoms with van der Waals surface area (Å²) < 4.78 is 6.06. The second-order valence-electron chi connectivity index (χ2n) is 5.91. The van der Waals surface area contributed by atoms with Gasteiger partial charge in [-0.15, -0.1) is 0 Å². The van der Waals surface area contributed by atoms with Crippen LogP contribution in [0.3, 0.4) is 0 Å². The molecular weight excluding hydrogens is 236 g/mol. The van der Waals surface area contributed by atoms with Crippen molar-refractivity contribution in [2.24, 2.45) is 0 Å². The van der Waals surface area contributed by atoms with Crippen LogP contribution in [0.4, 0.5) is 0 Å². The second-order valence-corrected chi connectivity index (χ2v) is 5.91. The van der Waals surface area contributed by atoms with Crippen LogP contribution in [0, 0.1) is 0 Å². The zero-order valence-electron chi connectivity index (χ0n) is 14.0. The molecule has 0 amide bonds. The first-order valence-corrected chi connectivity index (χ1v) is 8.10. The van der Waals surface area contributed by atoms with E-state index in [9.17, 15) is 0 Å². The first kappa shape index (κ1) is 18.9. The van der Waals surface area contributed by atoms with Gasteiger partial charge in [0.2, 0.25) is 0 Å². The number of rotatable bonds is 12. The van der Waals surface area contributed by atoms with Crippen LogP contribution in [0.1, 0.15) is 60.8 Å². The molecule has 0 spiro atoms. The van der Waals surface area contributed by atoms with Crippen molar-refractivity contribution in [2.45, 2.75) is 79.0 Å². The summed E-state index contributed by atoms with van der Waals surface area (Å²) in [5.41, 5.74) is 0. The smallest absolute Gasteiger partial charge is 0.0700 e. The summed E-state index contributed by atoms with van der Waals surface area (Å²) in [6, 6.07) is 1.18. The molecule has 0 aliphatic rings. The third kappa shape index (κ3) is 9.42. The Labute approximate surface area is 121 Å². The second kappa shape index (κ2) is 11.7. The first-order valence-electron chi connectivity index (χ1n) is 8.10. The predicted octanol–water partition coefficient (Wildman–Crippen LogP) is 3.29. The zero-order valence-corrected chi connectivity index (χ0v) is 14.0. The normalized spacial score (nSPS) is 13.7. The van der Waals surface area contributed by atoms with Crippen LogP contribution in [-0.2, 0) is 4.74 Å². The lowest BCUT2D eigenvalue weighted by atomic mass is 10.2. The molecule has 3 heteroatoms. The van der Waals surface area contributed by atoms with Gasteiger partial charge in [-0.05, 0) is 47.1 Å². The summed E-state index contributed by atoms with van der Waals surface area (Å²) in [6.07, 6.45) is 3.90. The van der Waals surface area contributed by atoms with Crippen molar-refractivity contribution in [3.05, 3.63) is 0 Å². The summed E-state index contributed by atoms with van der Waals surface area (Å²) in [7, 11) is 0. The largest absolute Gasteiger partial charge is 0.376 e. The molecular formula is C16H36N2O. The van der Waals surface area contributed by atoms with Gasteiger partial charge in [-0.25, -0.2) is 0 Å². The highest BCUT2D eigenvalue weighted by atomic mass is 16.5. The Bertz CT molecular complexity index is 187. The topological polar surface area (TPSA) is 24.5 Å². The van der Waals surface area contributed by atoms with Crippen LogP contribution in [0.2, 0.25) is 0 Å². The van der Waals surface area contributed by atoms with Gasteiger partial charge in [0.15, 0.2) is 0 Å². The Morgan fingerprint density at radius 2 is 1.63 bits per heavy atom. The highest BCUT2D eigenvalue weighted by molar-refractivity contribution is 4.68. The molecule has 0 aliphatic heterocycles. The summed E-state index contributed by atoms with van der Waals surface area (Å²) in [6.45, 7) is 17.4. The summed E-state index contributed by atoms with van der Waals surface area (Å²) >= 11 is 0. The number of ether oxygens (including phenoxy) is 1. The van der Waals surface area contributed by atoms with Gasteiger partial charge in [0.05, 0.1) is 12.7 Å². The Hall–Kier alpha value is -0.120. The van der Waals surface area contributed by atoms with Gasteiger partial charge in [-0.3, -0.25) is 4.90 Å². The minimum atomic E-state index is 0.373. The van der Waals surface area contributed by atoms with E-state index in [4.69, 9.17) is 4.74 Å². The van der Waals surface area contributed by atoms with E-state index in [2.05, 4.69) is 51.8 Å². The molecule has 0 aromatic rings. The minimum Gasteiger partial charge on any atom is -0.376 e. The standard InChI is InChI=1S/C16H36N2O/c1-7-9-16(13-17-10-8-2)19-12-11-18(14(3)4)15(5)6/h14-17H,7-13H2,1-6H3. The summed E-state index contributed by atoms with van der Waals surface area (Å²) in [4.78, 5) is 2.49. The molecule has 1 unspecified atom stereocenters. The van der Waals surface area contributed by atoms with E-state index in [0.717, 1.165) is 32.7 Å². The van der Waals surface area contributed by atoms with Gasteiger partial charge >= 0.3 is 0 Å². The molecule has 0 rings (SSSR count). The molecule has 0 saturated carbocycles. The molecule has 1 N–H and O–H groups in total. The van der Waals surface area contributed by atoms with E-state index in [1.165, 1.54) is 12.8 Å². The van der Waals surface area contributed by atoms with Crippen LogP contribution < -0.4 is 5.32 Å². The van der Waals surface area contributed by atoms with Crippen molar-refractivity contribution >= 4 is 0 Å². The predicted molar refractivity (Wildman–Crippen MR) is 84.8 cm³/mol. The Morgan fingerprint density at radius 3 is 2.11 bits per heavy atom. The molecule has 0 aliphatic carbocycles. The number of hydrogen-bond acceptors (Lipinski definition) is 3. The molecule has 0 aromatic heterocycles. The van der Waals surface area contributed by atoms with Crippen molar-refractivity contribution in [2.75, 3.05) is 26.2 Å².